The van der Waals surface area contributed by atoms with Gasteiger partial charge in [0.05, 0.1) is 24.9 Å². The molecule has 0 N–H and O–H groups in total. The smallest absolute Gasteiger partial charge is 0.254 e. The predicted molar refractivity (Wildman–Crippen MR) is 88.5 cm³/mol. The Hall–Kier alpha value is -2.14. The predicted octanol–water partition coefficient (Wildman–Crippen LogP) is 2.56. The third-order valence-electron chi connectivity index (χ3n) is 4.55. The zero-order valence-corrected chi connectivity index (χ0v) is 14.2. The van der Waals surface area contributed by atoms with Crippen LogP contribution in [0.3, 0.4) is 0 Å². The van der Waals surface area contributed by atoms with E-state index in [-0.39, 0.29) is 11.9 Å². The molecule has 2 aromatic rings. The van der Waals surface area contributed by atoms with Crippen molar-refractivity contribution in [3.63, 3.8) is 0 Å². The largest absolute Gasteiger partial charge is 0.377 e. The highest BCUT2D eigenvalue weighted by molar-refractivity contribution is 5.94. The average molecular weight is 313 g/mol. The van der Waals surface area contributed by atoms with Crippen molar-refractivity contribution < 1.29 is 9.53 Å². The van der Waals surface area contributed by atoms with Gasteiger partial charge in [0.15, 0.2) is 0 Å². The van der Waals surface area contributed by atoms with Crippen molar-refractivity contribution >= 4 is 5.91 Å². The maximum absolute atomic E-state index is 13.0. The molecule has 1 atom stereocenters. The van der Waals surface area contributed by atoms with Gasteiger partial charge in [-0.3, -0.25) is 9.48 Å². The highest BCUT2D eigenvalue weighted by atomic mass is 16.5. The summed E-state index contributed by atoms with van der Waals surface area (Å²) in [5.41, 5.74) is 4.97. The molecule has 1 aliphatic heterocycles. The minimum Gasteiger partial charge on any atom is -0.377 e. The summed E-state index contributed by atoms with van der Waals surface area (Å²) in [7, 11) is 1.93. The fourth-order valence-corrected chi connectivity index (χ4v) is 3.30. The van der Waals surface area contributed by atoms with E-state index in [9.17, 15) is 4.79 Å². The van der Waals surface area contributed by atoms with Crippen molar-refractivity contribution in [2.75, 3.05) is 19.8 Å². The van der Waals surface area contributed by atoms with Gasteiger partial charge in [-0.2, -0.15) is 5.10 Å². The number of hydrogen-bond acceptors (Lipinski definition) is 3. The number of aryl methyl sites for hydroxylation is 3. The number of rotatable bonds is 2. The van der Waals surface area contributed by atoms with E-state index in [0.29, 0.717) is 19.8 Å². The van der Waals surface area contributed by atoms with Crippen LogP contribution in [0.2, 0.25) is 0 Å². The molecule has 1 saturated heterocycles. The quantitative estimate of drug-likeness (QED) is 0.856. The Morgan fingerprint density at radius 3 is 2.74 bits per heavy atom. The van der Waals surface area contributed by atoms with Crippen LogP contribution in [0.4, 0.5) is 0 Å². The SMILES string of the molecule is Cc1cccc(C(=O)N2CCOC[C@@H]2c2c(C)nn(C)c2C)c1. The Labute approximate surface area is 136 Å². The maximum atomic E-state index is 13.0. The molecule has 5 heteroatoms. The van der Waals surface area contributed by atoms with Crippen LogP contribution in [0, 0.1) is 20.8 Å². The van der Waals surface area contributed by atoms with Crippen LogP contribution in [0.15, 0.2) is 24.3 Å². The number of nitrogens with zero attached hydrogens (tertiary/aromatic N) is 3. The normalized spacial score (nSPS) is 18.3. The molecule has 0 unspecified atom stereocenters. The van der Waals surface area contributed by atoms with Crippen molar-refractivity contribution in [2.24, 2.45) is 7.05 Å². The first-order valence-electron chi connectivity index (χ1n) is 7.94. The second kappa shape index (κ2) is 6.16. The van der Waals surface area contributed by atoms with Gasteiger partial charge in [-0.1, -0.05) is 17.7 Å². The average Bonchev–Trinajstić information content (AvgIpc) is 2.79. The topological polar surface area (TPSA) is 47.4 Å². The van der Waals surface area contributed by atoms with Gasteiger partial charge in [0.1, 0.15) is 0 Å². The highest BCUT2D eigenvalue weighted by Gasteiger charge is 2.32. The van der Waals surface area contributed by atoms with Gasteiger partial charge in [0, 0.05) is 30.4 Å². The second-order valence-corrected chi connectivity index (χ2v) is 6.17. The molecule has 1 amide bonds. The molecule has 23 heavy (non-hydrogen) atoms. The van der Waals surface area contributed by atoms with Gasteiger partial charge in [-0.05, 0) is 32.9 Å². The summed E-state index contributed by atoms with van der Waals surface area (Å²) < 4.78 is 7.53. The first-order chi connectivity index (χ1) is 11.0. The fraction of sp³-hybridized carbons (Fsp3) is 0.444. The molecule has 3 rings (SSSR count). The lowest BCUT2D eigenvalue weighted by Crippen LogP contribution is -2.43. The zero-order chi connectivity index (χ0) is 16.6. The minimum atomic E-state index is -0.0783. The highest BCUT2D eigenvalue weighted by Crippen LogP contribution is 2.30. The number of amides is 1. The van der Waals surface area contributed by atoms with Gasteiger partial charge in [-0.25, -0.2) is 0 Å². The zero-order valence-electron chi connectivity index (χ0n) is 14.2. The summed E-state index contributed by atoms with van der Waals surface area (Å²) in [5.74, 6) is 0.0599. The summed E-state index contributed by atoms with van der Waals surface area (Å²) in [6, 6.07) is 7.68. The molecule has 0 saturated carbocycles. The molecule has 2 heterocycles. The van der Waals surface area contributed by atoms with E-state index in [1.54, 1.807) is 0 Å². The Morgan fingerprint density at radius 2 is 2.09 bits per heavy atom. The number of benzene rings is 1. The number of carbonyl (C=O) groups is 1. The molecule has 5 nitrogen and oxygen atoms in total. The monoisotopic (exact) mass is 313 g/mol. The van der Waals surface area contributed by atoms with Crippen LogP contribution in [0.5, 0.6) is 0 Å². The summed E-state index contributed by atoms with van der Waals surface area (Å²) in [6.07, 6.45) is 0. The first kappa shape index (κ1) is 15.7. The molecule has 0 aliphatic carbocycles. The summed E-state index contributed by atoms with van der Waals surface area (Å²) in [4.78, 5) is 14.9. The summed E-state index contributed by atoms with van der Waals surface area (Å²) >= 11 is 0. The Kier molecular flexibility index (Phi) is 4.22. The van der Waals surface area contributed by atoms with Crippen molar-refractivity contribution in [1.82, 2.24) is 14.7 Å². The van der Waals surface area contributed by atoms with E-state index in [1.807, 2.05) is 61.7 Å². The molecule has 1 fully saturated rings. The van der Waals surface area contributed by atoms with Crippen molar-refractivity contribution in [3.8, 4) is 0 Å². The molecular weight excluding hydrogens is 290 g/mol. The maximum Gasteiger partial charge on any atom is 0.254 e. The van der Waals surface area contributed by atoms with Gasteiger partial charge in [0.2, 0.25) is 0 Å². The van der Waals surface area contributed by atoms with Crippen LogP contribution < -0.4 is 0 Å². The molecule has 0 bridgehead atoms. The fourth-order valence-electron chi connectivity index (χ4n) is 3.30. The molecule has 1 aliphatic rings. The van der Waals surface area contributed by atoms with Crippen molar-refractivity contribution in [1.29, 1.82) is 0 Å². The van der Waals surface area contributed by atoms with Crippen LogP contribution in [-0.4, -0.2) is 40.3 Å². The Morgan fingerprint density at radius 1 is 1.30 bits per heavy atom. The van der Waals surface area contributed by atoms with Gasteiger partial charge in [-0.15, -0.1) is 0 Å². The van der Waals surface area contributed by atoms with Crippen molar-refractivity contribution in [2.45, 2.75) is 26.8 Å². The number of morpholine rings is 1. The molecule has 1 aromatic carbocycles. The van der Waals surface area contributed by atoms with E-state index in [0.717, 1.165) is 28.1 Å². The lowest BCUT2D eigenvalue weighted by atomic mass is 10.0. The molecule has 0 radical (unpaired) electrons. The van der Waals surface area contributed by atoms with Crippen molar-refractivity contribution in [3.05, 3.63) is 52.3 Å². The lowest BCUT2D eigenvalue weighted by Gasteiger charge is -2.36. The van der Waals surface area contributed by atoms with E-state index < -0.39 is 0 Å². The van der Waals surface area contributed by atoms with E-state index in [4.69, 9.17) is 4.74 Å². The summed E-state index contributed by atoms with van der Waals surface area (Å²) in [6.45, 7) is 7.73. The van der Waals surface area contributed by atoms with Crippen LogP contribution in [0.1, 0.15) is 38.9 Å². The Balaban J connectivity index is 1.97. The third-order valence-corrected chi connectivity index (χ3v) is 4.55. The standard InChI is InChI=1S/C18H23N3O2/c1-12-6-5-7-15(10-12)18(22)21-8-9-23-11-16(21)17-13(2)19-20(4)14(17)3/h5-7,10,16H,8-9,11H2,1-4H3/t16-/m1/s1. The van der Waals surface area contributed by atoms with Gasteiger partial charge < -0.3 is 9.64 Å². The number of ether oxygens (including phenoxy) is 1. The number of aromatic nitrogens is 2. The number of carbonyl (C=O) groups excluding carboxylic acids is 1. The van der Waals surface area contributed by atoms with Gasteiger partial charge in [0.25, 0.3) is 5.91 Å². The van der Waals surface area contributed by atoms with Crippen LogP contribution in [-0.2, 0) is 11.8 Å². The van der Waals surface area contributed by atoms with E-state index in [1.165, 1.54) is 0 Å². The van der Waals surface area contributed by atoms with Crippen LogP contribution in [0.25, 0.3) is 0 Å². The Bertz CT molecular complexity index is 736. The lowest BCUT2D eigenvalue weighted by molar-refractivity contribution is -0.00305. The molecule has 0 spiro atoms. The number of hydrogen-bond donors (Lipinski definition) is 0. The minimum absolute atomic E-state index is 0.0599. The van der Waals surface area contributed by atoms with E-state index >= 15 is 0 Å². The molecular formula is C18H23N3O2. The van der Waals surface area contributed by atoms with E-state index in [2.05, 4.69) is 5.10 Å². The first-order valence-corrected chi connectivity index (χ1v) is 7.94. The molecule has 1 aromatic heterocycles. The van der Waals surface area contributed by atoms with Crippen LogP contribution >= 0.6 is 0 Å². The van der Waals surface area contributed by atoms with Gasteiger partial charge >= 0.3 is 0 Å². The third kappa shape index (κ3) is 2.88. The second-order valence-electron chi connectivity index (χ2n) is 6.17. The summed E-state index contributed by atoms with van der Waals surface area (Å²) in [5, 5.41) is 4.49. The molecule has 122 valence electrons.